The smallest absolute Gasteiger partial charge is 0.106 e. The van der Waals surface area contributed by atoms with Crippen molar-refractivity contribution in [3.63, 3.8) is 0 Å². The molecule has 0 rings (SSSR count). The van der Waals surface area contributed by atoms with Gasteiger partial charge >= 0.3 is 0 Å². The highest BCUT2D eigenvalue weighted by molar-refractivity contribution is 5.10. The van der Waals surface area contributed by atoms with Crippen LogP contribution in [0, 0.1) is 0 Å². The summed E-state index contributed by atoms with van der Waals surface area (Å²) in [6, 6.07) is 0. The van der Waals surface area contributed by atoms with Gasteiger partial charge in [0, 0.05) is 6.61 Å². The maximum absolute atomic E-state index is 8.00. The Kier molecular flexibility index (Phi) is 1960. The van der Waals surface area contributed by atoms with Crippen LogP contribution in [-0.2, 0) is 4.79 Å². The molecule has 0 aromatic heterocycles. The average Bonchev–Trinajstić information content (AvgIpc) is 2.95. The van der Waals surface area contributed by atoms with E-state index in [1.165, 1.54) is 51.4 Å². The molecule has 40 heavy (non-hydrogen) atoms. The summed E-state index contributed by atoms with van der Waals surface area (Å²) >= 11 is 0. The highest BCUT2D eigenvalue weighted by atomic mass is 16.2. The van der Waals surface area contributed by atoms with Crippen LogP contribution in [0.3, 0.4) is 0 Å². The molecule has 3 nitrogen and oxygen atoms in total. The molecule has 0 heterocycles. The molecule has 0 radical (unpaired) electrons. The molecule has 3 heteroatoms. The Morgan fingerprint density at radius 1 is 0.300 bits per heavy atom. The lowest BCUT2D eigenvalue weighted by molar-refractivity contribution is -0.0980. The van der Waals surface area contributed by atoms with Crippen molar-refractivity contribution < 1.29 is 9.90 Å². The Balaban J connectivity index is -0.0000000110. The summed E-state index contributed by atoms with van der Waals surface area (Å²) in [4.78, 5) is 8.00. The summed E-state index contributed by atoms with van der Waals surface area (Å²) in [5.41, 5.74) is 0. The summed E-state index contributed by atoms with van der Waals surface area (Å²) < 4.78 is 0. The van der Waals surface area contributed by atoms with E-state index in [-0.39, 0.29) is 12.8 Å². The van der Waals surface area contributed by atoms with Crippen molar-refractivity contribution in [1.82, 2.24) is 6.15 Å². The van der Waals surface area contributed by atoms with Crippen molar-refractivity contribution in [1.29, 1.82) is 0 Å². The normalized spacial score (nSPS) is 4.90. The van der Waals surface area contributed by atoms with E-state index < -0.39 is 0 Å². The molecule has 270 valence electrons. The Morgan fingerprint density at radius 2 is 0.300 bits per heavy atom. The van der Waals surface area contributed by atoms with Gasteiger partial charge in [-0.3, -0.25) is 0 Å². The van der Waals surface area contributed by atoms with E-state index in [0.717, 1.165) is 0 Å². The fourth-order valence-electron chi connectivity index (χ4n) is 0. The van der Waals surface area contributed by atoms with Gasteiger partial charge in [0.15, 0.2) is 0 Å². The predicted octanol–water partition coefficient (Wildman–Crippen LogP) is 16.4. The first-order valence-electron chi connectivity index (χ1n) is 17.6. The Morgan fingerprint density at radius 3 is 0.300 bits per heavy atom. The largest absolute Gasteiger partial charge is 0.397 e. The van der Waals surface area contributed by atoms with Gasteiger partial charge < -0.3 is 16.1 Å². The van der Waals surface area contributed by atoms with Crippen LogP contribution < -0.4 is 6.15 Å². The zero-order valence-electron chi connectivity index (χ0n) is 35.6. The number of aliphatic hydroxyl groups excluding tert-OH is 1. The van der Waals surface area contributed by atoms with Crippen LogP contribution in [0.2, 0.25) is 0 Å². The average molecular weight is 596 g/mol. The quantitative estimate of drug-likeness (QED) is 0.292. The van der Waals surface area contributed by atoms with Gasteiger partial charge in [0.05, 0.1) is 0 Å². The number of hydrogen-bond donors (Lipinski definition) is 2. The number of carbonyl (C=O) groups excluding carboxylic acids is 1. The van der Waals surface area contributed by atoms with E-state index in [4.69, 9.17) is 9.90 Å². The van der Waals surface area contributed by atoms with E-state index in [0.29, 0.717) is 0 Å². The highest BCUT2D eigenvalue weighted by Gasteiger charge is 1.38. The predicted molar refractivity (Wildman–Crippen MR) is 209 cm³/mol. The van der Waals surface area contributed by atoms with Gasteiger partial charge in [0.25, 0.3) is 0 Å². The second-order valence-electron chi connectivity index (χ2n) is 5.97. The second-order valence-corrected chi connectivity index (χ2v) is 5.97. The first kappa shape index (κ1) is 106. The van der Waals surface area contributed by atoms with Crippen LogP contribution in [0.5, 0.6) is 0 Å². The SMILES string of the molecule is C=O.CC.CC.CC.CC.CC.CCC.CCC.CCC.CCC.CCC.CCC.CCC.CCC.CCO.N. The van der Waals surface area contributed by atoms with Crippen molar-refractivity contribution in [2.45, 2.75) is 238 Å². The lowest BCUT2D eigenvalue weighted by atomic mass is 10.6. The monoisotopic (exact) mass is 596 g/mol. The minimum absolute atomic E-state index is 0. The number of aliphatic hydroxyl groups is 1. The zero-order chi connectivity index (χ0) is 36.4. The summed E-state index contributed by atoms with van der Waals surface area (Å²) in [7, 11) is 0. The van der Waals surface area contributed by atoms with Gasteiger partial charge in [-0.25, -0.2) is 0 Å². The Bertz CT molecular complexity index is 56.0. The summed E-state index contributed by atoms with van der Waals surface area (Å²) in [6.07, 6.45) is 10.0. The van der Waals surface area contributed by atoms with Crippen molar-refractivity contribution in [3.8, 4) is 0 Å². The van der Waals surface area contributed by atoms with Crippen LogP contribution in [0.4, 0.5) is 0 Å². The van der Waals surface area contributed by atoms with Gasteiger partial charge in [0.2, 0.25) is 0 Å². The van der Waals surface area contributed by atoms with Crippen LogP contribution in [0.1, 0.15) is 238 Å². The highest BCUT2D eigenvalue weighted by Crippen LogP contribution is 1.58. The third-order valence-electron chi connectivity index (χ3n) is 0. The number of hydrogen-bond acceptors (Lipinski definition) is 3. The van der Waals surface area contributed by atoms with Crippen LogP contribution >= 0.6 is 0 Å². The fraction of sp³-hybridized carbons (Fsp3) is 0.973. The molecule has 4 N–H and O–H groups in total. The van der Waals surface area contributed by atoms with Gasteiger partial charge in [-0.15, -0.1) is 0 Å². The molecule has 0 unspecified atom stereocenters. The summed E-state index contributed by atoms with van der Waals surface area (Å²) in [5, 5.41) is 7.57. The third-order valence-corrected chi connectivity index (χ3v) is 0. The Labute approximate surface area is 267 Å². The Hall–Kier alpha value is -0.410. The number of rotatable bonds is 0. The van der Waals surface area contributed by atoms with E-state index in [1.54, 1.807) is 6.92 Å². The molecule has 0 saturated carbocycles. The van der Waals surface area contributed by atoms with Crippen molar-refractivity contribution in [2.75, 3.05) is 6.61 Å². The molecule has 0 saturated heterocycles. The van der Waals surface area contributed by atoms with Crippen LogP contribution in [0.25, 0.3) is 0 Å². The molecular weight excluding hydrogens is 490 g/mol. The van der Waals surface area contributed by atoms with Gasteiger partial charge in [-0.1, -0.05) is 231 Å². The van der Waals surface area contributed by atoms with Crippen molar-refractivity contribution in [2.24, 2.45) is 0 Å². The number of carbonyl (C=O) groups is 1. The van der Waals surface area contributed by atoms with Gasteiger partial charge in [-0.2, -0.15) is 0 Å². The molecule has 0 aromatic rings. The topological polar surface area (TPSA) is 72.3 Å². The molecule has 0 amide bonds. The maximum atomic E-state index is 8.00. The van der Waals surface area contributed by atoms with Crippen molar-refractivity contribution in [3.05, 3.63) is 0 Å². The van der Waals surface area contributed by atoms with E-state index >= 15 is 0 Å². The van der Waals surface area contributed by atoms with Crippen LogP contribution in [0.15, 0.2) is 0 Å². The lowest BCUT2D eigenvalue weighted by Crippen LogP contribution is -1.57. The lowest BCUT2D eigenvalue weighted by Gasteiger charge is -1.52. The van der Waals surface area contributed by atoms with Crippen molar-refractivity contribution >= 4 is 6.79 Å². The standard InChI is InChI=1S/8C3H8.C2H6O.5C2H6.CH2O.H3N/c8*1-3-2;1-2-3;6*1-2;/h8*3H2,1-2H3;3H,2H2,1H3;5*1-2H3;1H2;1H3. The van der Waals surface area contributed by atoms with Gasteiger partial charge in [-0.05, 0) is 6.92 Å². The van der Waals surface area contributed by atoms with E-state index in [2.05, 4.69) is 111 Å². The van der Waals surface area contributed by atoms with Crippen LogP contribution in [-0.4, -0.2) is 18.5 Å². The molecule has 0 spiro atoms. The first-order chi connectivity index (χ1) is 18.7. The molecule has 0 fully saturated rings. The molecule has 0 bridgehead atoms. The van der Waals surface area contributed by atoms with E-state index in [1.807, 2.05) is 76.0 Å². The van der Waals surface area contributed by atoms with E-state index in [9.17, 15) is 0 Å². The minimum Gasteiger partial charge on any atom is -0.397 e. The maximum Gasteiger partial charge on any atom is 0.106 e. The molecule has 0 aromatic carbocycles. The molecule has 0 aliphatic heterocycles. The first-order valence-corrected chi connectivity index (χ1v) is 17.6. The molecule has 0 aliphatic rings. The minimum atomic E-state index is 0. The fourth-order valence-corrected chi connectivity index (χ4v) is 0. The third kappa shape index (κ3) is 299000. The molecule has 0 aliphatic carbocycles. The summed E-state index contributed by atoms with van der Waals surface area (Å²) in [6.45, 7) is 57.9. The zero-order valence-corrected chi connectivity index (χ0v) is 35.6. The summed E-state index contributed by atoms with van der Waals surface area (Å²) in [5.74, 6) is 0. The van der Waals surface area contributed by atoms with Gasteiger partial charge in [0.1, 0.15) is 6.79 Å². The molecular formula is C37H105NO2. The second kappa shape index (κ2) is 739. The molecule has 0 atom stereocenters.